The third-order valence-electron chi connectivity index (χ3n) is 3.58. The van der Waals surface area contributed by atoms with Crippen molar-refractivity contribution in [3.8, 4) is 5.75 Å². The number of hydrogen-bond donors (Lipinski definition) is 1. The fourth-order valence-corrected chi connectivity index (χ4v) is 4.04. The van der Waals surface area contributed by atoms with Crippen LogP contribution < -0.4 is 10.1 Å². The molecule has 0 saturated carbocycles. The van der Waals surface area contributed by atoms with Crippen LogP contribution in [0.2, 0.25) is 5.02 Å². The molecule has 0 radical (unpaired) electrons. The molecule has 0 aliphatic carbocycles. The molecule has 1 amide bonds. The molecule has 1 N–H and O–H groups in total. The molecular formula is C19H15ClF2N2O2S2. The number of alkyl halides is 2. The summed E-state index contributed by atoms with van der Waals surface area (Å²) in [6.07, 6.45) is 0. The lowest BCUT2D eigenvalue weighted by Crippen LogP contribution is -2.12. The standard InChI is InChI=1S/C19H15ClF2N2O2S2/c1-11-23-14(9-27-11)10-28-15-5-2-12(3-6-15)18(25)24-13-4-7-17(16(20)8-13)26-19(21)22/h2-9,19H,10H2,1H3,(H,24,25). The molecule has 0 aliphatic rings. The Morgan fingerprint density at radius 2 is 2.04 bits per heavy atom. The van der Waals surface area contributed by atoms with Crippen LogP contribution in [0.5, 0.6) is 5.75 Å². The predicted molar refractivity (Wildman–Crippen MR) is 109 cm³/mol. The number of hydrogen-bond acceptors (Lipinski definition) is 5. The summed E-state index contributed by atoms with van der Waals surface area (Å²) in [6, 6.07) is 11.3. The molecule has 0 saturated heterocycles. The minimum atomic E-state index is -2.96. The Morgan fingerprint density at radius 3 is 2.64 bits per heavy atom. The van der Waals surface area contributed by atoms with Crippen LogP contribution in [0.3, 0.4) is 0 Å². The minimum Gasteiger partial charge on any atom is -0.433 e. The zero-order valence-electron chi connectivity index (χ0n) is 14.6. The first-order chi connectivity index (χ1) is 13.4. The number of carbonyl (C=O) groups excluding carboxylic acids is 1. The van der Waals surface area contributed by atoms with Gasteiger partial charge in [-0.1, -0.05) is 11.6 Å². The van der Waals surface area contributed by atoms with Crippen LogP contribution in [-0.2, 0) is 5.75 Å². The number of rotatable bonds is 7. The molecule has 0 bridgehead atoms. The quantitative estimate of drug-likeness (QED) is 0.441. The molecule has 0 unspecified atom stereocenters. The van der Waals surface area contributed by atoms with Crippen molar-refractivity contribution in [3.05, 3.63) is 69.1 Å². The highest BCUT2D eigenvalue weighted by molar-refractivity contribution is 7.98. The van der Waals surface area contributed by atoms with Crippen LogP contribution in [0.4, 0.5) is 14.5 Å². The number of halogens is 3. The first-order valence-corrected chi connectivity index (χ1v) is 10.3. The number of amides is 1. The van der Waals surface area contributed by atoms with Gasteiger partial charge in [-0.05, 0) is 49.4 Å². The fourth-order valence-electron chi connectivity index (χ4n) is 2.31. The van der Waals surface area contributed by atoms with E-state index in [0.29, 0.717) is 11.3 Å². The highest BCUT2D eigenvalue weighted by atomic mass is 35.5. The maximum absolute atomic E-state index is 12.4. The van der Waals surface area contributed by atoms with Crippen molar-refractivity contribution >= 4 is 46.3 Å². The van der Waals surface area contributed by atoms with Gasteiger partial charge in [0.15, 0.2) is 0 Å². The maximum Gasteiger partial charge on any atom is 0.387 e. The molecule has 0 atom stereocenters. The van der Waals surface area contributed by atoms with E-state index in [-0.39, 0.29) is 16.7 Å². The minimum absolute atomic E-state index is 0.0119. The first-order valence-electron chi connectivity index (χ1n) is 8.10. The summed E-state index contributed by atoms with van der Waals surface area (Å²) in [5, 5.41) is 5.74. The summed E-state index contributed by atoms with van der Waals surface area (Å²) in [7, 11) is 0. The molecule has 146 valence electrons. The number of thioether (sulfide) groups is 1. The third kappa shape index (κ3) is 5.67. The second-order valence-corrected chi connectivity index (χ2v) is 8.17. The molecule has 3 aromatic rings. The van der Waals surface area contributed by atoms with Gasteiger partial charge in [0.25, 0.3) is 5.91 Å². The molecule has 1 heterocycles. The molecule has 1 aromatic heterocycles. The topological polar surface area (TPSA) is 51.2 Å². The van der Waals surface area contributed by atoms with Crippen LogP contribution in [0.25, 0.3) is 0 Å². The monoisotopic (exact) mass is 440 g/mol. The van der Waals surface area contributed by atoms with E-state index in [1.807, 2.05) is 24.4 Å². The Balaban J connectivity index is 1.59. The number of thiazole rings is 1. The zero-order valence-corrected chi connectivity index (χ0v) is 17.0. The number of nitrogens with one attached hydrogen (secondary N) is 1. The highest BCUT2D eigenvalue weighted by Crippen LogP contribution is 2.29. The van der Waals surface area contributed by atoms with Crippen molar-refractivity contribution in [2.75, 3.05) is 5.32 Å². The van der Waals surface area contributed by atoms with E-state index in [9.17, 15) is 13.6 Å². The second-order valence-electron chi connectivity index (χ2n) is 5.65. The first kappa shape index (κ1) is 20.6. The average Bonchev–Trinajstić information content (AvgIpc) is 3.08. The van der Waals surface area contributed by atoms with Crippen molar-refractivity contribution in [1.82, 2.24) is 4.98 Å². The Bertz CT molecular complexity index is 965. The van der Waals surface area contributed by atoms with E-state index >= 15 is 0 Å². The molecule has 3 rings (SSSR count). The van der Waals surface area contributed by atoms with Crippen molar-refractivity contribution in [3.63, 3.8) is 0 Å². The SMILES string of the molecule is Cc1nc(CSc2ccc(C(=O)Nc3ccc(OC(F)F)c(Cl)c3)cc2)cs1. The number of benzene rings is 2. The Labute approximate surface area is 173 Å². The lowest BCUT2D eigenvalue weighted by atomic mass is 10.2. The van der Waals surface area contributed by atoms with Gasteiger partial charge in [0, 0.05) is 27.3 Å². The third-order valence-corrected chi connectivity index (χ3v) is 5.74. The average molecular weight is 441 g/mol. The molecule has 2 aromatic carbocycles. The van der Waals surface area contributed by atoms with Gasteiger partial charge in [-0.3, -0.25) is 4.79 Å². The molecule has 0 spiro atoms. The largest absolute Gasteiger partial charge is 0.433 e. The molecule has 9 heteroatoms. The zero-order chi connectivity index (χ0) is 20.1. The molecule has 0 fully saturated rings. The summed E-state index contributed by atoms with van der Waals surface area (Å²) in [5.41, 5.74) is 1.89. The fraction of sp³-hybridized carbons (Fsp3) is 0.158. The van der Waals surface area contributed by atoms with Gasteiger partial charge in [0.05, 0.1) is 15.7 Å². The van der Waals surface area contributed by atoms with Gasteiger partial charge in [-0.15, -0.1) is 23.1 Å². The van der Waals surface area contributed by atoms with E-state index in [0.717, 1.165) is 21.3 Å². The van der Waals surface area contributed by atoms with Crippen LogP contribution in [0, 0.1) is 6.92 Å². The van der Waals surface area contributed by atoms with Crippen molar-refractivity contribution in [1.29, 1.82) is 0 Å². The molecule has 4 nitrogen and oxygen atoms in total. The van der Waals surface area contributed by atoms with Gasteiger partial charge in [-0.25, -0.2) is 4.98 Å². The van der Waals surface area contributed by atoms with Crippen LogP contribution in [0.1, 0.15) is 21.1 Å². The number of ether oxygens (including phenoxy) is 1. The van der Waals surface area contributed by atoms with Crippen molar-refractivity contribution < 1.29 is 18.3 Å². The Morgan fingerprint density at radius 1 is 1.29 bits per heavy atom. The predicted octanol–water partition coefficient (Wildman–Crippen LogP) is 6.25. The van der Waals surface area contributed by atoms with Crippen molar-refractivity contribution in [2.24, 2.45) is 0 Å². The van der Waals surface area contributed by atoms with E-state index in [1.54, 1.807) is 35.2 Å². The van der Waals surface area contributed by atoms with Gasteiger partial charge in [0.2, 0.25) is 0 Å². The molecule has 28 heavy (non-hydrogen) atoms. The van der Waals surface area contributed by atoms with Crippen LogP contribution >= 0.6 is 34.7 Å². The van der Waals surface area contributed by atoms with Gasteiger partial charge >= 0.3 is 6.61 Å². The maximum atomic E-state index is 12.4. The number of nitrogens with zero attached hydrogens (tertiary/aromatic N) is 1. The number of anilines is 1. The Hall–Kier alpha value is -2.16. The highest BCUT2D eigenvalue weighted by Gasteiger charge is 2.11. The summed E-state index contributed by atoms with van der Waals surface area (Å²) >= 11 is 9.15. The van der Waals surface area contributed by atoms with Gasteiger partial charge in [-0.2, -0.15) is 8.78 Å². The summed E-state index contributed by atoms with van der Waals surface area (Å²) in [6.45, 7) is -0.993. The smallest absolute Gasteiger partial charge is 0.387 e. The second kappa shape index (κ2) is 9.36. The number of aryl methyl sites for hydroxylation is 1. The van der Waals surface area contributed by atoms with Crippen LogP contribution in [-0.4, -0.2) is 17.5 Å². The van der Waals surface area contributed by atoms with Gasteiger partial charge < -0.3 is 10.1 Å². The number of aromatic nitrogens is 1. The van der Waals surface area contributed by atoms with Crippen LogP contribution in [0.15, 0.2) is 52.7 Å². The Kier molecular flexibility index (Phi) is 6.88. The van der Waals surface area contributed by atoms with Crippen molar-refractivity contribution in [2.45, 2.75) is 24.2 Å². The lowest BCUT2D eigenvalue weighted by Gasteiger charge is -2.10. The number of carbonyl (C=O) groups is 1. The van der Waals surface area contributed by atoms with E-state index in [1.165, 1.54) is 18.2 Å². The normalized spacial score (nSPS) is 10.9. The van der Waals surface area contributed by atoms with E-state index in [2.05, 4.69) is 15.0 Å². The van der Waals surface area contributed by atoms with E-state index < -0.39 is 6.61 Å². The van der Waals surface area contributed by atoms with E-state index in [4.69, 9.17) is 11.6 Å². The van der Waals surface area contributed by atoms with Gasteiger partial charge in [0.1, 0.15) is 5.75 Å². The summed E-state index contributed by atoms with van der Waals surface area (Å²) in [5.74, 6) is 0.290. The molecule has 0 aliphatic heterocycles. The molecular weight excluding hydrogens is 426 g/mol. The summed E-state index contributed by atoms with van der Waals surface area (Å²) < 4.78 is 28.8. The summed E-state index contributed by atoms with van der Waals surface area (Å²) in [4.78, 5) is 17.8. The lowest BCUT2D eigenvalue weighted by molar-refractivity contribution is -0.0497.